The minimum absolute atomic E-state index is 0.448. The highest BCUT2D eigenvalue weighted by molar-refractivity contribution is 9.10. The molecule has 0 radical (unpaired) electrons. The molecule has 4 heteroatoms. The predicted octanol–water partition coefficient (Wildman–Crippen LogP) is 3.35. The number of rotatable bonds is 6. The van der Waals surface area contributed by atoms with Crippen LogP contribution in [0.2, 0.25) is 0 Å². The lowest BCUT2D eigenvalue weighted by atomic mass is 10.0. The first kappa shape index (κ1) is 15.5. The Morgan fingerprint density at radius 2 is 1.90 bits per heavy atom. The fourth-order valence-corrected chi connectivity index (χ4v) is 3.79. The molecule has 1 N–H and O–H groups in total. The van der Waals surface area contributed by atoms with E-state index in [2.05, 4.69) is 57.3 Å². The van der Waals surface area contributed by atoms with E-state index < -0.39 is 0 Å². The molecular formula is C17H25BrN2O. The molecule has 1 aromatic carbocycles. The van der Waals surface area contributed by atoms with E-state index in [1.165, 1.54) is 18.4 Å². The highest BCUT2D eigenvalue weighted by Gasteiger charge is 2.33. The Balaban J connectivity index is 1.56. The number of likely N-dealkylation sites (tertiary alicyclic amines) is 1. The van der Waals surface area contributed by atoms with Crippen LogP contribution in [0.5, 0.6) is 0 Å². The maximum absolute atomic E-state index is 5.92. The van der Waals surface area contributed by atoms with Crippen molar-refractivity contribution in [1.29, 1.82) is 0 Å². The summed E-state index contributed by atoms with van der Waals surface area (Å²) in [5.74, 6) is 0. The molecule has 2 saturated heterocycles. The van der Waals surface area contributed by atoms with Crippen LogP contribution in [0.1, 0.15) is 37.8 Å². The molecule has 1 aromatic rings. The van der Waals surface area contributed by atoms with Gasteiger partial charge in [0.1, 0.15) is 0 Å². The smallest absolute Gasteiger partial charge is 0.0707 e. The SMILES string of the molecule is CCNC(CCN1CC2CCC(C1)O2)c1ccc(Br)cc1. The molecule has 0 aromatic heterocycles. The van der Waals surface area contributed by atoms with Gasteiger partial charge in [0.2, 0.25) is 0 Å². The maximum atomic E-state index is 5.92. The van der Waals surface area contributed by atoms with E-state index in [0.29, 0.717) is 18.2 Å². The average molecular weight is 353 g/mol. The zero-order valence-corrected chi connectivity index (χ0v) is 14.3. The van der Waals surface area contributed by atoms with Gasteiger partial charge in [0, 0.05) is 30.1 Å². The van der Waals surface area contributed by atoms with Crippen molar-refractivity contribution in [3.05, 3.63) is 34.3 Å². The van der Waals surface area contributed by atoms with Gasteiger partial charge in [-0.3, -0.25) is 4.90 Å². The third-order valence-electron chi connectivity index (χ3n) is 4.58. The highest BCUT2D eigenvalue weighted by Crippen LogP contribution is 2.27. The standard InChI is InChI=1S/C17H25BrN2O/c1-2-19-17(13-3-5-14(18)6-4-13)9-10-20-11-15-7-8-16(12-20)21-15/h3-6,15-17,19H,2,7-12H2,1H3. The summed E-state index contributed by atoms with van der Waals surface area (Å²) in [5, 5.41) is 3.62. The molecule has 0 spiro atoms. The van der Waals surface area contributed by atoms with Crippen LogP contribution >= 0.6 is 15.9 Å². The van der Waals surface area contributed by atoms with Crippen LogP contribution in [-0.2, 0) is 4.74 Å². The van der Waals surface area contributed by atoms with Crippen LogP contribution in [0.15, 0.2) is 28.7 Å². The Hall–Kier alpha value is -0.420. The van der Waals surface area contributed by atoms with Crippen molar-refractivity contribution in [3.63, 3.8) is 0 Å². The van der Waals surface area contributed by atoms with Crippen LogP contribution in [0, 0.1) is 0 Å². The monoisotopic (exact) mass is 352 g/mol. The molecule has 116 valence electrons. The van der Waals surface area contributed by atoms with Gasteiger partial charge in [-0.2, -0.15) is 0 Å². The molecule has 0 saturated carbocycles. The Bertz CT molecular complexity index is 439. The lowest BCUT2D eigenvalue weighted by molar-refractivity contribution is -0.0390. The summed E-state index contributed by atoms with van der Waals surface area (Å²) >= 11 is 3.51. The Morgan fingerprint density at radius 1 is 1.24 bits per heavy atom. The van der Waals surface area contributed by atoms with Crippen LogP contribution < -0.4 is 5.32 Å². The first-order valence-electron chi connectivity index (χ1n) is 8.11. The summed E-state index contributed by atoms with van der Waals surface area (Å²) in [7, 11) is 0. The lowest BCUT2D eigenvalue weighted by Crippen LogP contribution is -2.43. The molecule has 2 heterocycles. The van der Waals surface area contributed by atoms with Crippen molar-refractivity contribution in [3.8, 4) is 0 Å². The van der Waals surface area contributed by atoms with Crippen molar-refractivity contribution in [2.24, 2.45) is 0 Å². The van der Waals surface area contributed by atoms with Gasteiger partial charge in [0.05, 0.1) is 12.2 Å². The zero-order chi connectivity index (χ0) is 14.7. The van der Waals surface area contributed by atoms with E-state index >= 15 is 0 Å². The van der Waals surface area contributed by atoms with Crippen molar-refractivity contribution in [1.82, 2.24) is 10.2 Å². The Kier molecular flexibility index (Phi) is 5.33. The molecule has 0 amide bonds. The summed E-state index contributed by atoms with van der Waals surface area (Å²) in [6.07, 6.45) is 4.66. The van der Waals surface area contributed by atoms with Crippen LogP contribution in [-0.4, -0.2) is 43.3 Å². The maximum Gasteiger partial charge on any atom is 0.0707 e. The van der Waals surface area contributed by atoms with Crippen LogP contribution in [0.25, 0.3) is 0 Å². The number of fused-ring (bicyclic) bond motifs is 2. The number of nitrogens with one attached hydrogen (secondary N) is 1. The summed E-state index contributed by atoms with van der Waals surface area (Å²) < 4.78 is 7.06. The fourth-order valence-electron chi connectivity index (χ4n) is 3.52. The number of hydrogen-bond donors (Lipinski definition) is 1. The Morgan fingerprint density at radius 3 is 2.52 bits per heavy atom. The van der Waals surface area contributed by atoms with Crippen LogP contribution in [0.4, 0.5) is 0 Å². The van der Waals surface area contributed by atoms with E-state index in [4.69, 9.17) is 4.74 Å². The molecule has 3 nitrogen and oxygen atoms in total. The second-order valence-corrected chi connectivity index (χ2v) is 7.08. The average Bonchev–Trinajstić information content (AvgIpc) is 2.83. The number of morpholine rings is 1. The van der Waals surface area contributed by atoms with E-state index in [0.717, 1.165) is 37.1 Å². The number of nitrogens with zero attached hydrogens (tertiary/aromatic N) is 1. The largest absolute Gasteiger partial charge is 0.372 e. The van der Waals surface area contributed by atoms with Gasteiger partial charge >= 0.3 is 0 Å². The minimum Gasteiger partial charge on any atom is -0.372 e. The van der Waals surface area contributed by atoms with E-state index in [1.807, 2.05) is 0 Å². The molecule has 2 aliphatic rings. The summed E-state index contributed by atoms with van der Waals surface area (Å²) in [5.41, 5.74) is 1.39. The van der Waals surface area contributed by atoms with Gasteiger partial charge in [-0.05, 0) is 43.5 Å². The van der Waals surface area contributed by atoms with Gasteiger partial charge in [-0.15, -0.1) is 0 Å². The van der Waals surface area contributed by atoms with Gasteiger partial charge in [0.25, 0.3) is 0 Å². The Labute approximate surface area is 136 Å². The molecule has 2 aliphatic heterocycles. The lowest BCUT2D eigenvalue weighted by Gasteiger charge is -2.33. The second kappa shape index (κ2) is 7.23. The third-order valence-corrected chi connectivity index (χ3v) is 5.10. The summed E-state index contributed by atoms with van der Waals surface area (Å²) in [6, 6.07) is 9.16. The van der Waals surface area contributed by atoms with E-state index in [9.17, 15) is 0 Å². The van der Waals surface area contributed by atoms with Gasteiger partial charge < -0.3 is 10.1 Å². The fraction of sp³-hybridized carbons (Fsp3) is 0.647. The number of ether oxygens (including phenoxy) is 1. The normalized spacial score (nSPS) is 27.0. The highest BCUT2D eigenvalue weighted by atomic mass is 79.9. The van der Waals surface area contributed by atoms with Gasteiger partial charge in [0.15, 0.2) is 0 Å². The third kappa shape index (κ3) is 4.07. The predicted molar refractivity (Wildman–Crippen MR) is 89.5 cm³/mol. The van der Waals surface area contributed by atoms with Crippen LogP contribution in [0.3, 0.4) is 0 Å². The van der Waals surface area contributed by atoms with Crippen molar-refractivity contribution < 1.29 is 4.74 Å². The van der Waals surface area contributed by atoms with Crippen molar-refractivity contribution in [2.45, 2.75) is 44.4 Å². The quantitative estimate of drug-likeness (QED) is 0.849. The zero-order valence-electron chi connectivity index (χ0n) is 12.7. The molecule has 0 aliphatic carbocycles. The number of halogens is 1. The summed E-state index contributed by atoms with van der Waals surface area (Å²) in [6.45, 7) is 6.59. The molecule has 2 fully saturated rings. The topological polar surface area (TPSA) is 24.5 Å². The second-order valence-electron chi connectivity index (χ2n) is 6.17. The number of hydrogen-bond acceptors (Lipinski definition) is 3. The van der Waals surface area contributed by atoms with E-state index in [1.54, 1.807) is 0 Å². The van der Waals surface area contributed by atoms with E-state index in [-0.39, 0.29) is 0 Å². The first-order chi connectivity index (χ1) is 10.2. The van der Waals surface area contributed by atoms with Crippen molar-refractivity contribution in [2.75, 3.05) is 26.2 Å². The molecule has 3 unspecified atom stereocenters. The first-order valence-corrected chi connectivity index (χ1v) is 8.90. The minimum atomic E-state index is 0.448. The van der Waals surface area contributed by atoms with Gasteiger partial charge in [-0.25, -0.2) is 0 Å². The number of benzene rings is 1. The molecular weight excluding hydrogens is 328 g/mol. The molecule has 3 rings (SSSR count). The van der Waals surface area contributed by atoms with Gasteiger partial charge in [-0.1, -0.05) is 35.0 Å². The molecule has 2 bridgehead atoms. The molecule has 21 heavy (non-hydrogen) atoms. The molecule has 3 atom stereocenters. The summed E-state index contributed by atoms with van der Waals surface area (Å²) in [4.78, 5) is 2.59. The van der Waals surface area contributed by atoms with Crippen molar-refractivity contribution >= 4 is 15.9 Å².